The number of amides is 1. The molecule has 0 aliphatic rings. The number of carbonyl (C=O) groups is 1. The number of nitrogens with zero attached hydrogens (tertiary/aromatic N) is 3. The first-order valence-corrected chi connectivity index (χ1v) is 12.2. The van der Waals surface area contributed by atoms with Crippen LogP contribution in [0.2, 0.25) is 5.02 Å². The lowest BCUT2D eigenvalue weighted by atomic mass is 10.2. The topological polar surface area (TPSA) is 46.1 Å². The van der Waals surface area contributed by atoms with Crippen LogP contribution in [0.3, 0.4) is 0 Å². The molecule has 158 valence electrons. The molecule has 4 aromatic rings. The van der Waals surface area contributed by atoms with Crippen molar-refractivity contribution in [3.05, 3.63) is 83.1 Å². The summed E-state index contributed by atoms with van der Waals surface area (Å²) in [7, 11) is 0. The largest absolute Gasteiger partial charge is 0.284 e. The fourth-order valence-electron chi connectivity index (χ4n) is 3.20. The van der Waals surface area contributed by atoms with Crippen molar-refractivity contribution in [1.29, 1.82) is 0 Å². The maximum atomic E-state index is 13.2. The summed E-state index contributed by atoms with van der Waals surface area (Å²) in [5, 5.41) is 1.35. The van der Waals surface area contributed by atoms with Gasteiger partial charge in [-0.2, -0.15) is 0 Å². The fourth-order valence-corrected chi connectivity index (χ4v) is 5.41. The molecule has 0 saturated heterocycles. The maximum absolute atomic E-state index is 13.2. The molecule has 0 radical (unpaired) electrons. The van der Waals surface area contributed by atoms with Crippen molar-refractivity contribution in [2.75, 3.05) is 10.7 Å². The summed E-state index contributed by atoms with van der Waals surface area (Å²) in [5.41, 5.74) is 2.93. The summed E-state index contributed by atoms with van der Waals surface area (Å²) < 4.78 is 0.920. The Balaban J connectivity index is 1.52. The molecule has 0 saturated carbocycles. The standard InChI is InChI=1S/C24H22ClN3OS2/c1-17-9-10-20(25)23-22(17)27-24(31-23)28(16-18-11-13-26-14-12-18)21(29)8-5-15-30-19-6-3-2-4-7-19/h2-4,6-7,9-14H,5,8,15-16H2,1H3. The van der Waals surface area contributed by atoms with Gasteiger partial charge in [-0.05, 0) is 60.6 Å². The molecule has 0 bridgehead atoms. The van der Waals surface area contributed by atoms with E-state index in [9.17, 15) is 4.79 Å². The average molecular weight is 468 g/mol. The van der Waals surface area contributed by atoms with Crippen LogP contribution in [-0.4, -0.2) is 21.6 Å². The highest BCUT2D eigenvalue weighted by Crippen LogP contribution is 2.36. The number of rotatable bonds is 8. The van der Waals surface area contributed by atoms with E-state index in [1.165, 1.54) is 16.2 Å². The van der Waals surface area contributed by atoms with Gasteiger partial charge in [0.15, 0.2) is 5.13 Å². The second-order valence-electron chi connectivity index (χ2n) is 7.14. The lowest BCUT2D eigenvalue weighted by molar-refractivity contribution is -0.118. The number of halogens is 1. The Morgan fingerprint density at radius 3 is 2.61 bits per heavy atom. The van der Waals surface area contributed by atoms with Crippen LogP contribution < -0.4 is 4.90 Å². The molecular formula is C24H22ClN3OS2. The van der Waals surface area contributed by atoms with Crippen LogP contribution in [0, 0.1) is 6.92 Å². The van der Waals surface area contributed by atoms with Crippen molar-refractivity contribution in [1.82, 2.24) is 9.97 Å². The molecule has 2 heterocycles. The molecule has 2 aromatic carbocycles. The van der Waals surface area contributed by atoms with Gasteiger partial charge in [-0.3, -0.25) is 14.7 Å². The number of carbonyl (C=O) groups excluding carboxylic acids is 1. The third kappa shape index (κ3) is 5.45. The van der Waals surface area contributed by atoms with Gasteiger partial charge >= 0.3 is 0 Å². The number of fused-ring (bicyclic) bond motifs is 1. The van der Waals surface area contributed by atoms with Gasteiger partial charge in [0.1, 0.15) is 0 Å². The second kappa shape index (κ2) is 10.3. The van der Waals surface area contributed by atoms with Gasteiger partial charge in [-0.1, -0.05) is 47.2 Å². The number of anilines is 1. The minimum Gasteiger partial charge on any atom is -0.284 e. The molecule has 4 rings (SSSR count). The number of thioether (sulfide) groups is 1. The molecule has 0 spiro atoms. The van der Waals surface area contributed by atoms with E-state index in [0.717, 1.165) is 33.5 Å². The highest BCUT2D eigenvalue weighted by molar-refractivity contribution is 7.99. The lowest BCUT2D eigenvalue weighted by Crippen LogP contribution is -2.30. The van der Waals surface area contributed by atoms with Crippen LogP contribution in [0.4, 0.5) is 5.13 Å². The normalized spacial score (nSPS) is 11.0. The quantitative estimate of drug-likeness (QED) is 0.212. The Kier molecular flexibility index (Phi) is 7.22. The van der Waals surface area contributed by atoms with Gasteiger partial charge in [0.25, 0.3) is 0 Å². The van der Waals surface area contributed by atoms with E-state index in [1.54, 1.807) is 29.1 Å². The van der Waals surface area contributed by atoms with Crippen LogP contribution in [-0.2, 0) is 11.3 Å². The zero-order valence-electron chi connectivity index (χ0n) is 17.1. The number of aromatic nitrogens is 2. The molecule has 1 amide bonds. The number of hydrogen-bond donors (Lipinski definition) is 0. The molecule has 0 aliphatic heterocycles. The highest BCUT2D eigenvalue weighted by atomic mass is 35.5. The van der Waals surface area contributed by atoms with Crippen LogP contribution in [0.15, 0.2) is 71.9 Å². The molecule has 7 heteroatoms. The zero-order chi connectivity index (χ0) is 21.6. The Hall–Kier alpha value is -2.41. The summed E-state index contributed by atoms with van der Waals surface area (Å²) in [6.45, 7) is 2.47. The monoisotopic (exact) mass is 467 g/mol. The van der Waals surface area contributed by atoms with Crippen molar-refractivity contribution >= 4 is 56.0 Å². The van der Waals surface area contributed by atoms with E-state index in [2.05, 4.69) is 17.1 Å². The van der Waals surface area contributed by atoms with Crippen LogP contribution >= 0.6 is 34.7 Å². The molecule has 31 heavy (non-hydrogen) atoms. The Morgan fingerprint density at radius 2 is 1.87 bits per heavy atom. The predicted molar refractivity (Wildman–Crippen MR) is 131 cm³/mol. The summed E-state index contributed by atoms with van der Waals surface area (Å²) in [4.78, 5) is 25.1. The smallest absolute Gasteiger partial charge is 0.229 e. The van der Waals surface area contributed by atoms with Crippen molar-refractivity contribution < 1.29 is 4.79 Å². The van der Waals surface area contributed by atoms with Gasteiger partial charge in [-0.15, -0.1) is 11.8 Å². The number of hydrogen-bond acceptors (Lipinski definition) is 5. The summed E-state index contributed by atoms with van der Waals surface area (Å²) >= 11 is 9.65. The van der Waals surface area contributed by atoms with Crippen molar-refractivity contribution in [2.24, 2.45) is 0 Å². The molecule has 0 N–H and O–H groups in total. The second-order valence-corrected chi connectivity index (χ2v) is 9.69. The van der Waals surface area contributed by atoms with Crippen molar-refractivity contribution in [2.45, 2.75) is 31.2 Å². The number of thiazole rings is 1. The van der Waals surface area contributed by atoms with E-state index in [1.807, 2.05) is 49.4 Å². The van der Waals surface area contributed by atoms with E-state index in [-0.39, 0.29) is 5.91 Å². The third-order valence-corrected chi connectivity index (χ3v) is 7.49. The summed E-state index contributed by atoms with van der Waals surface area (Å²) in [6, 6.07) is 18.0. The van der Waals surface area contributed by atoms with Gasteiger partial charge in [0.05, 0.1) is 21.8 Å². The Bertz CT molecular complexity index is 1130. The lowest BCUT2D eigenvalue weighted by Gasteiger charge is -2.20. The highest BCUT2D eigenvalue weighted by Gasteiger charge is 2.21. The first-order chi connectivity index (χ1) is 15.1. The minimum absolute atomic E-state index is 0.0679. The molecule has 0 aliphatic carbocycles. The minimum atomic E-state index is 0.0679. The van der Waals surface area contributed by atoms with E-state index in [0.29, 0.717) is 23.1 Å². The molecule has 0 atom stereocenters. The molecule has 0 fully saturated rings. The van der Waals surface area contributed by atoms with Crippen molar-refractivity contribution in [3.63, 3.8) is 0 Å². The van der Waals surface area contributed by atoms with Crippen LogP contribution in [0.1, 0.15) is 24.0 Å². The average Bonchev–Trinajstić information content (AvgIpc) is 3.25. The maximum Gasteiger partial charge on any atom is 0.229 e. The van der Waals surface area contributed by atoms with Crippen molar-refractivity contribution in [3.8, 4) is 0 Å². The van der Waals surface area contributed by atoms with Crippen LogP contribution in [0.25, 0.3) is 10.2 Å². The van der Waals surface area contributed by atoms with Gasteiger partial charge in [-0.25, -0.2) is 4.98 Å². The summed E-state index contributed by atoms with van der Waals surface area (Å²) in [6.07, 6.45) is 4.76. The van der Waals surface area contributed by atoms with Crippen LogP contribution in [0.5, 0.6) is 0 Å². The zero-order valence-corrected chi connectivity index (χ0v) is 19.5. The van der Waals surface area contributed by atoms with E-state index in [4.69, 9.17) is 16.6 Å². The van der Waals surface area contributed by atoms with E-state index >= 15 is 0 Å². The number of benzene rings is 2. The first kappa shape index (κ1) is 21.8. The first-order valence-electron chi connectivity index (χ1n) is 10.0. The van der Waals surface area contributed by atoms with E-state index < -0.39 is 0 Å². The van der Waals surface area contributed by atoms with Gasteiger partial charge < -0.3 is 0 Å². The molecule has 0 unspecified atom stereocenters. The molecule has 2 aromatic heterocycles. The summed E-state index contributed by atoms with van der Waals surface area (Å²) in [5.74, 6) is 0.960. The Labute approximate surface area is 195 Å². The van der Waals surface area contributed by atoms with Gasteiger partial charge in [0.2, 0.25) is 5.91 Å². The van der Waals surface area contributed by atoms with Gasteiger partial charge in [0, 0.05) is 23.7 Å². The number of aryl methyl sites for hydroxylation is 1. The molecular weight excluding hydrogens is 446 g/mol. The number of pyridine rings is 1. The third-order valence-electron chi connectivity index (χ3n) is 4.85. The molecule has 4 nitrogen and oxygen atoms in total. The predicted octanol–water partition coefficient (Wildman–Crippen LogP) is 6.76. The fraction of sp³-hybridized carbons (Fsp3) is 0.208. The Morgan fingerprint density at radius 1 is 1.10 bits per heavy atom. The SMILES string of the molecule is Cc1ccc(Cl)c2sc(N(Cc3ccncc3)C(=O)CCCSc3ccccc3)nc12.